The van der Waals surface area contributed by atoms with Gasteiger partial charge in [0.15, 0.2) is 0 Å². The Labute approximate surface area is 166 Å². The summed E-state index contributed by atoms with van der Waals surface area (Å²) in [4.78, 5) is 36.9. The number of ether oxygens (including phenoxy) is 1. The number of nitrogens with one attached hydrogen (secondary N) is 2. The van der Waals surface area contributed by atoms with Crippen molar-refractivity contribution < 1.29 is 24.2 Å². The van der Waals surface area contributed by atoms with E-state index >= 15 is 0 Å². The van der Waals surface area contributed by atoms with Crippen LogP contribution in [0.1, 0.15) is 65.7 Å². The first kappa shape index (κ1) is 19.5. The molecule has 5 fully saturated rings. The van der Waals surface area contributed by atoms with Crippen LogP contribution in [0, 0.1) is 29.1 Å². The van der Waals surface area contributed by atoms with Gasteiger partial charge in [-0.1, -0.05) is 0 Å². The Balaban J connectivity index is 1.36. The van der Waals surface area contributed by atoms with Crippen molar-refractivity contribution in [1.29, 1.82) is 0 Å². The molecule has 28 heavy (non-hydrogen) atoms. The zero-order valence-corrected chi connectivity index (χ0v) is 17.0. The first-order valence-corrected chi connectivity index (χ1v) is 10.5. The smallest absolute Gasteiger partial charge is 0.407 e. The maximum absolute atomic E-state index is 13.1. The fraction of sp³-hybridized carbons (Fsp3) is 0.857. The van der Waals surface area contributed by atoms with E-state index in [0.717, 1.165) is 32.1 Å². The lowest BCUT2D eigenvalue weighted by Gasteiger charge is -2.57. The van der Waals surface area contributed by atoms with Crippen LogP contribution < -0.4 is 10.6 Å². The second-order valence-corrected chi connectivity index (χ2v) is 10.7. The van der Waals surface area contributed by atoms with Crippen LogP contribution in [0.15, 0.2) is 0 Å². The minimum Gasteiger partial charge on any atom is -0.481 e. The first-order valence-electron chi connectivity index (χ1n) is 10.5. The van der Waals surface area contributed by atoms with Crippen molar-refractivity contribution in [2.75, 3.05) is 6.54 Å². The molecular formula is C21H32N2O5. The van der Waals surface area contributed by atoms with Gasteiger partial charge >= 0.3 is 12.1 Å². The zero-order chi connectivity index (χ0) is 20.3. The molecule has 5 aliphatic rings. The molecule has 4 bridgehead atoms. The van der Waals surface area contributed by atoms with Crippen molar-refractivity contribution >= 4 is 18.0 Å². The third-order valence-corrected chi connectivity index (χ3v) is 7.24. The van der Waals surface area contributed by atoms with Gasteiger partial charge in [0.2, 0.25) is 5.91 Å². The van der Waals surface area contributed by atoms with Crippen LogP contribution in [0.5, 0.6) is 0 Å². The van der Waals surface area contributed by atoms with E-state index in [-0.39, 0.29) is 29.2 Å². The SMILES string of the molecule is CC(C)(C)OC(=O)NCC1(NC(=O)C2C3CC4CC2CC(C(=O)O)(C4)C3)CC1. The molecule has 7 nitrogen and oxygen atoms in total. The van der Waals surface area contributed by atoms with Gasteiger partial charge in [-0.2, -0.15) is 0 Å². The van der Waals surface area contributed by atoms with Gasteiger partial charge in [-0.15, -0.1) is 0 Å². The average molecular weight is 392 g/mol. The normalized spacial score (nSPS) is 37.2. The molecule has 156 valence electrons. The fourth-order valence-electron chi connectivity index (χ4n) is 6.11. The number of carbonyl (C=O) groups is 3. The van der Waals surface area contributed by atoms with Gasteiger partial charge in [0.25, 0.3) is 0 Å². The van der Waals surface area contributed by atoms with Crippen LogP contribution in [-0.4, -0.2) is 40.8 Å². The molecule has 0 saturated heterocycles. The minimum absolute atomic E-state index is 0.0535. The van der Waals surface area contributed by atoms with Crippen LogP contribution in [0.2, 0.25) is 0 Å². The molecule has 0 aromatic carbocycles. The summed E-state index contributed by atoms with van der Waals surface area (Å²) in [5.74, 6) is 0.113. The van der Waals surface area contributed by atoms with E-state index in [1.54, 1.807) is 0 Å². The topological polar surface area (TPSA) is 105 Å². The number of carboxylic acids is 1. The molecule has 2 unspecified atom stereocenters. The van der Waals surface area contributed by atoms with Gasteiger partial charge in [0.1, 0.15) is 5.60 Å². The average Bonchev–Trinajstić information content (AvgIpc) is 3.30. The van der Waals surface area contributed by atoms with Crippen molar-refractivity contribution in [2.45, 2.75) is 76.9 Å². The second kappa shape index (κ2) is 6.36. The van der Waals surface area contributed by atoms with Crippen molar-refractivity contribution in [3.63, 3.8) is 0 Å². The van der Waals surface area contributed by atoms with E-state index in [9.17, 15) is 19.5 Å². The molecule has 0 radical (unpaired) electrons. The van der Waals surface area contributed by atoms with Crippen LogP contribution >= 0.6 is 0 Å². The molecular weight excluding hydrogens is 360 g/mol. The van der Waals surface area contributed by atoms with E-state index in [4.69, 9.17) is 4.74 Å². The molecule has 0 heterocycles. The molecule has 0 aromatic heterocycles. The van der Waals surface area contributed by atoms with Gasteiger partial charge in [0.05, 0.1) is 11.0 Å². The lowest BCUT2D eigenvalue weighted by Crippen LogP contribution is -2.59. The maximum Gasteiger partial charge on any atom is 0.407 e. The maximum atomic E-state index is 13.1. The summed E-state index contributed by atoms with van der Waals surface area (Å²) >= 11 is 0. The summed E-state index contributed by atoms with van der Waals surface area (Å²) in [7, 11) is 0. The van der Waals surface area contributed by atoms with E-state index < -0.39 is 23.1 Å². The van der Waals surface area contributed by atoms with Gasteiger partial charge in [0, 0.05) is 12.5 Å². The fourth-order valence-corrected chi connectivity index (χ4v) is 6.11. The number of rotatable bonds is 5. The lowest BCUT2D eigenvalue weighted by atomic mass is 9.46. The van der Waals surface area contributed by atoms with Crippen molar-refractivity contribution in [3.8, 4) is 0 Å². The van der Waals surface area contributed by atoms with Gasteiger partial charge < -0.3 is 20.5 Å². The molecule has 0 aromatic rings. The third-order valence-electron chi connectivity index (χ3n) is 7.24. The summed E-state index contributed by atoms with van der Waals surface area (Å²) in [6.45, 7) is 5.82. The Morgan fingerprint density at radius 2 is 1.68 bits per heavy atom. The summed E-state index contributed by atoms with van der Waals surface area (Å²) < 4.78 is 5.27. The number of alkyl carbamates (subject to hydrolysis) is 1. The van der Waals surface area contributed by atoms with Gasteiger partial charge in [-0.05, 0) is 83.5 Å². The Hall–Kier alpha value is -1.79. The standard InChI is InChI=1S/C21H32N2O5/c1-19(2,3)28-18(27)22-11-21(4-5-21)23-16(24)15-13-6-12-7-14(15)10-20(8-12,9-13)17(25)26/h12-15H,4-11H2,1-3H3,(H,22,27)(H,23,24)(H,25,26). The molecule has 2 amide bonds. The highest BCUT2D eigenvalue weighted by Crippen LogP contribution is 2.62. The molecule has 0 spiro atoms. The first-order chi connectivity index (χ1) is 13.0. The lowest BCUT2D eigenvalue weighted by molar-refractivity contribution is -0.174. The number of aliphatic carboxylic acids is 1. The third kappa shape index (κ3) is 3.60. The van der Waals surface area contributed by atoms with Crippen LogP contribution in [0.3, 0.4) is 0 Å². The van der Waals surface area contributed by atoms with E-state index in [2.05, 4.69) is 10.6 Å². The van der Waals surface area contributed by atoms with Crippen LogP contribution in [0.25, 0.3) is 0 Å². The second-order valence-electron chi connectivity index (χ2n) is 10.7. The highest BCUT2D eigenvalue weighted by molar-refractivity contribution is 5.82. The van der Waals surface area contributed by atoms with Crippen molar-refractivity contribution in [1.82, 2.24) is 10.6 Å². The Bertz CT molecular complexity index is 677. The highest BCUT2D eigenvalue weighted by Gasteiger charge is 2.61. The Kier molecular flexibility index (Phi) is 4.43. The molecule has 5 aliphatic carbocycles. The molecule has 7 heteroatoms. The molecule has 3 N–H and O–H groups in total. The molecule has 0 aliphatic heterocycles. The quantitative estimate of drug-likeness (QED) is 0.667. The Morgan fingerprint density at radius 3 is 2.18 bits per heavy atom. The summed E-state index contributed by atoms with van der Waals surface area (Å²) in [6.07, 6.45) is 5.24. The highest BCUT2D eigenvalue weighted by atomic mass is 16.6. The van der Waals surface area contributed by atoms with Gasteiger partial charge in [-0.25, -0.2) is 4.79 Å². The number of carbonyl (C=O) groups excluding carboxylic acids is 2. The summed E-state index contributed by atoms with van der Waals surface area (Å²) in [5, 5.41) is 15.7. The van der Waals surface area contributed by atoms with E-state index in [1.165, 1.54) is 0 Å². The number of carboxylic acid groups (broad SMARTS) is 1. The van der Waals surface area contributed by atoms with E-state index in [1.807, 2.05) is 20.8 Å². The zero-order valence-electron chi connectivity index (χ0n) is 17.0. The minimum atomic E-state index is -0.675. The predicted molar refractivity (Wildman–Crippen MR) is 101 cm³/mol. The molecule has 5 rings (SSSR count). The summed E-state index contributed by atoms with van der Waals surface area (Å²) in [5.41, 5.74) is -1.51. The number of hydrogen-bond donors (Lipinski definition) is 3. The summed E-state index contributed by atoms with van der Waals surface area (Å²) in [6, 6.07) is 0. The number of amides is 2. The number of hydrogen-bond acceptors (Lipinski definition) is 4. The van der Waals surface area contributed by atoms with Gasteiger partial charge in [-0.3, -0.25) is 9.59 Å². The van der Waals surface area contributed by atoms with E-state index in [0.29, 0.717) is 25.3 Å². The predicted octanol–water partition coefficient (Wildman–Crippen LogP) is 2.69. The monoisotopic (exact) mass is 392 g/mol. The molecule has 2 atom stereocenters. The Morgan fingerprint density at radius 1 is 1.07 bits per heavy atom. The van der Waals surface area contributed by atoms with Crippen molar-refractivity contribution in [2.24, 2.45) is 29.1 Å². The van der Waals surface area contributed by atoms with Crippen LogP contribution in [-0.2, 0) is 14.3 Å². The van der Waals surface area contributed by atoms with Crippen LogP contribution in [0.4, 0.5) is 4.79 Å². The van der Waals surface area contributed by atoms with Crippen molar-refractivity contribution in [3.05, 3.63) is 0 Å². The largest absolute Gasteiger partial charge is 0.481 e. The molecule has 5 saturated carbocycles.